The summed E-state index contributed by atoms with van der Waals surface area (Å²) in [5, 5.41) is 3.17. The van der Waals surface area contributed by atoms with Crippen LogP contribution in [0.4, 0.5) is 0 Å². The molecule has 2 N–H and O–H groups in total. The van der Waals surface area contributed by atoms with Crippen LogP contribution < -0.4 is 5.32 Å². The first-order valence-electron chi connectivity index (χ1n) is 6.61. The highest BCUT2D eigenvalue weighted by Crippen LogP contribution is 2.29. The van der Waals surface area contributed by atoms with E-state index in [1.54, 1.807) is 0 Å². The lowest BCUT2D eigenvalue weighted by molar-refractivity contribution is 0.0322. The van der Waals surface area contributed by atoms with Crippen LogP contribution in [-0.2, 0) is 9.09 Å². The van der Waals surface area contributed by atoms with Crippen molar-refractivity contribution in [3.8, 4) is 0 Å². The SMILES string of the molecule is CC(C)(C)NC(O[PH](=O)O)C(C)(C)C.CCCC. The summed E-state index contributed by atoms with van der Waals surface area (Å²) in [4.78, 5) is 8.77. The van der Waals surface area contributed by atoms with E-state index in [-0.39, 0.29) is 11.0 Å². The Labute approximate surface area is 113 Å². The molecule has 0 fully saturated rings. The molecule has 0 aliphatic carbocycles. The standard InChI is InChI=1S/C9H22NO3P.C4H10/c1-8(2,3)7(13-14(11)12)10-9(4,5)6;1-3-4-2/h7,10,14H,1-6H3,(H,11,12);3-4H2,1-2H3. The van der Waals surface area contributed by atoms with Gasteiger partial charge in [0.1, 0.15) is 6.23 Å². The average Bonchev–Trinajstić information content (AvgIpc) is 2.13. The van der Waals surface area contributed by atoms with Crippen LogP contribution in [0.15, 0.2) is 0 Å². The van der Waals surface area contributed by atoms with Gasteiger partial charge in [-0.2, -0.15) is 0 Å². The predicted octanol–water partition coefficient (Wildman–Crippen LogP) is 3.95. The zero-order valence-electron chi connectivity index (χ0n) is 13.3. The third kappa shape index (κ3) is 14.2. The highest BCUT2D eigenvalue weighted by Gasteiger charge is 2.30. The molecule has 5 heteroatoms. The van der Waals surface area contributed by atoms with Crippen LogP contribution in [0.5, 0.6) is 0 Å². The highest BCUT2D eigenvalue weighted by molar-refractivity contribution is 7.32. The van der Waals surface area contributed by atoms with E-state index in [0.717, 1.165) is 0 Å². The zero-order chi connectivity index (χ0) is 15.0. The van der Waals surface area contributed by atoms with Crippen molar-refractivity contribution in [2.24, 2.45) is 5.41 Å². The molecular formula is C13H32NO3P. The quantitative estimate of drug-likeness (QED) is 0.605. The fourth-order valence-electron chi connectivity index (χ4n) is 0.917. The van der Waals surface area contributed by atoms with Gasteiger partial charge in [0.2, 0.25) is 0 Å². The van der Waals surface area contributed by atoms with Crippen LogP contribution in [0.2, 0.25) is 0 Å². The van der Waals surface area contributed by atoms with Crippen LogP contribution in [0.25, 0.3) is 0 Å². The fraction of sp³-hybridized carbons (Fsp3) is 1.00. The fourth-order valence-corrected chi connectivity index (χ4v) is 1.53. The molecule has 0 saturated carbocycles. The Kier molecular flexibility index (Phi) is 10.3. The second kappa shape index (κ2) is 9.08. The number of rotatable bonds is 4. The molecule has 0 spiro atoms. The van der Waals surface area contributed by atoms with Gasteiger partial charge < -0.3 is 4.89 Å². The molecule has 18 heavy (non-hydrogen) atoms. The van der Waals surface area contributed by atoms with Gasteiger partial charge in [-0.05, 0) is 20.8 Å². The third-order valence-electron chi connectivity index (χ3n) is 2.07. The van der Waals surface area contributed by atoms with E-state index in [1.807, 2.05) is 41.5 Å². The molecule has 2 unspecified atom stereocenters. The monoisotopic (exact) mass is 281 g/mol. The Hall–Kier alpha value is 0.110. The predicted molar refractivity (Wildman–Crippen MR) is 79.0 cm³/mol. The molecule has 0 rings (SSSR count). The van der Waals surface area contributed by atoms with Gasteiger partial charge in [0.25, 0.3) is 0 Å². The van der Waals surface area contributed by atoms with Crippen molar-refractivity contribution in [1.29, 1.82) is 0 Å². The minimum Gasteiger partial charge on any atom is -0.326 e. The Morgan fingerprint density at radius 2 is 1.50 bits per heavy atom. The summed E-state index contributed by atoms with van der Waals surface area (Å²) in [7, 11) is -2.90. The first-order valence-corrected chi connectivity index (χ1v) is 7.87. The summed E-state index contributed by atoms with van der Waals surface area (Å²) in [5.74, 6) is 0. The molecule has 0 aromatic rings. The second-order valence-corrected chi connectivity index (χ2v) is 7.29. The third-order valence-corrected chi connectivity index (χ3v) is 2.51. The Balaban J connectivity index is 0. The summed E-state index contributed by atoms with van der Waals surface area (Å²) in [6.07, 6.45) is 2.22. The molecule has 0 aliphatic rings. The smallest absolute Gasteiger partial charge is 0.318 e. The first-order chi connectivity index (χ1) is 7.94. The minimum atomic E-state index is -2.90. The number of hydrogen-bond acceptors (Lipinski definition) is 3. The molecule has 0 heterocycles. The van der Waals surface area contributed by atoms with E-state index in [4.69, 9.17) is 9.42 Å². The van der Waals surface area contributed by atoms with Gasteiger partial charge in [-0.3, -0.25) is 14.4 Å². The summed E-state index contributed by atoms with van der Waals surface area (Å²) >= 11 is 0. The van der Waals surface area contributed by atoms with Crippen molar-refractivity contribution in [1.82, 2.24) is 5.32 Å². The summed E-state index contributed by atoms with van der Waals surface area (Å²) in [6, 6.07) is 0. The lowest BCUT2D eigenvalue weighted by Crippen LogP contribution is -2.50. The molecule has 112 valence electrons. The Bertz CT molecular complexity index is 229. The summed E-state index contributed by atoms with van der Waals surface area (Å²) in [5.41, 5.74) is -0.356. The maximum Gasteiger partial charge on any atom is 0.318 e. The van der Waals surface area contributed by atoms with Crippen LogP contribution >= 0.6 is 8.25 Å². The van der Waals surface area contributed by atoms with Gasteiger partial charge in [0.05, 0.1) is 0 Å². The molecule has 0 bridgehead atoms. The van der Waals surface area contributed by atoms with Gasteiger partial charge in [0, 0.05) is 11.0 Å². The van der Waals surface area contributed by atoms with Gasteiger partial charge >= 0.3 is 8.25 Å². The molecule has 0 saturated heterocycles. The Morgan fingerprint density at radius 3 is 1.67 bits per heavy atom. The minimum absolute atomic E-state index is 0.144. The van der Waals surface area contributed by atoms with Gasteiger partial charge in [-0.15, -0.1) is 0 Å². The summed E-state index contributed by atoms with van der Waals surface area (Å²) < 4.78 is 15.6. The van der Waals surface area contributed by atoms with Crippen molar-refractivity contribution in [3.63, 3.8) is 0 Å². The van der Waals surface area contributed by atoms with Crippen molar-refractivity contribution in [2.75, 3.05) is 0 Å². The van der Waals surface area contributed by atoms with Crippen molar-refractivity contribution >= 4 is 8.25 Å². The van der Waals surface area contributed by atoms with Crippen LogP contribution in [0.3, 0.4) is 0 Å². The molecule has 2 atom stereocenters. The average molecular weight is 281 g/mol. The number of hydrogen-bond donors (Lipinski definition) is 2. The molecule has 0 radical (unpaired) electrons. The second-order valence-electron chi connectivity index (χ2n) is 6.52. The molecule has 0 aromatic carbocycles. The maximum absolute atomic E-state index is 10.7. The van der Waals surface area contributed by atoms with Crippen molar-refractivity contribution < 1.29 is 14.0 Å². The summed E-state index contributed by atoms with van der Waals surface area (Å²) in [6.45, 7) is 16.2. The Morgan fingerprint density at radius 1 is 1.11 bits per heavy atom. The van der Waals surface area contributed by atoms with E-state index < -0.39 is 14.5 Å². The van der Waals surface area contributed by atoms with Crippen LogP contribution in [0.1, 0.15) is 68.2 Å². The van der Waals surface area contributed by atoms with E-state index in [0.29, 0.717) is 0 Å². The van der Waals surface area contributed by atoms with Crippen molar-refractivity contribution in [3.05, 3.63) is 0 Å². The van der Waals surface area contributed by atoms with Gasteiger partial charge in [0.15, 0.2) is 0 Å². The normalized spacial score (nSPS) is 15.6. The van der Waals surface area contributed by atoms with Gasteiger partial charge in [-0.25, -0.2) is 0 Å². The lowest BCUT2D eigenvalue weighted by Gasteiger charge is -2.35. The first kappa shape index (κ1) is 20.4. The maximum atomic E-state index is 10.7. The number of nitrogens with one attached hydrogen (secondary N) is 1. The lowest BCUT2D eigenvalue weighted by atomic mass is 9.92. The number of unbranched alkanes of at least 4 members (excludes halogenated alkanes) is 1. The molecule has 0 aromatic heterocycles. The van der Waals surface area contributed by atoms with Crippen LogP contribution in [-0.4, -0.2) is 16.7 Å². The highest BCUT2D eigenvalue weighted by atomic mass is 31.1. The van der Waals surface area contributed by atoms with Crippen molar-refractivity contribution in [2.45, 2.75) is 80.0 Å². The van der Waals surface area contributed by atoms with E-state index in [2.05, 4.69) is 19.2 Å². The van der Waals surface area contributed by atoms with E-state index in [9.17, 15) is 4.57 Å². The van der Waals surface area contributed by atoms with E-state index in [1.165, 1.54) is 12.8 Å². The molecule has 0 aliphatic heterocycles. The van der Waals surface area contributed by atoms with E-state index >= 15 is 0 Å². The molecule has 4 nitrogen and oxygen atoms in total. The topological polar surface area (TPSA) is 58.6 Å². The zero-order valence-corrected chi connectivity index (χ0v) is 14.3. The molecular weight excluding hydrogens is 249 g/mol. The largest absolute Gasteiger partial charge is 0.326 e. The van der Waals surface area contributed by atoms with Gasteiger partial charge in [-0.1, -0.05) is 47.5 Å². The van der Waals surface area contributed by atoms with Crippen LogP contribution in [0, 0.1) is 5.41 Å². The molecule has 0 amide bonds.